The highest BCUT2D eigenvalue weighted by Crippen LogP contribution is 2.35. The standard InChI is InChI=1S/C16H17FN4O2/c1-21-13(9-2-4-10(17)5-3-9)8-14(20-21)19-16(23)12-7-6-11(12)15(18)22/h2-5,8,11-12H,6-7H2,1H3,(H2,18,22)(H,19,20,23). The highest BCUT2D eigenvalue weighted by Gasteiger charge is 2.40. The summed E-state index contributed by atoms with van der Waals surface area (Å²) >= 11 is 0. The van der Waals surface area contributed by atoms with Crippen LogP contribution in [0.1, 0.15) is 12.8 Å². The van der Waals surface area contributed by atoms with Crippen molar-refractivity contribution in [3.63, 3.8) is 0 Å². The summed E-state index contributed by atoms with van der Waals surface area (Å²) in [5.41, 5.74) is 6.81. The fraction of sp³-hybridized carbons (Fsp3) is 0.312. The molecule has 1 saturated carbocycles. The first-order valence-corrected chi connectivity index (χ1v) is 7.36. The Bertz CT molecular complexity index is 754. The van der Waals surface area contributed by atoms with Gasteiger partial charge in [-0.25, -0.2) is 4.39 Å². The van der Waals surface area contributed by atoms with Crippen LogP contribution in [0.5, 0.6) is 0 Å². The van der Waals surface area contributed by atoms with E-state index in [1.807, 2.05) is 0 Å². The average molecular weight is 316 g/mol. The van der Waals surface area contributed by atoms with E-state index in [0.717, 1.165) is 11.3 Å². The molecule has 0 aliphatic heterocycles. The number of aryl methyl sites for hydroxylation is 1. The number of hydrogen-bond donors (Lipinski definition) is 2. The zero-order valence-corrected chi connectivity index (χ0v) is 12.6. The Labute approximate surface area is 132 Å². The fourth-order valence-electron chi connectivity index (χ4n) is 2.79. The minimum atomic E-state index is -0.440. The molecule has 0 radical (unpaired) electrons. The van der Waals surface area contributed by atoms with Crippen LogP contribution in [-0.4, -0.2) is 21.6 Å². The number of benzene rings is 1. The van der Waals surface area contributed by atoms with E-state index in [1.54, 1.807) is 29.9 Å². The van der Waals surface area contributed by atoms with Crippen molar-refractivity contribution in [2.75, 3.05) is 5.32 Å². The molecule has 1 aliphatic rings. The molecule has 6 nitrogen and oxygen atoms in total. The lowest BCUT2D eigenvalue weighted by atomic mass is 9.72. The normalized spacial score (nSPS) is 19.9. The monoisotopic (exact) mass is 316 g/mol. The number of nitrogens with two attached hydrogens (primary N) is 1. The van der Waals surface area contributed by atoms with Gasteiger partial charge in [0.1, 0.15) is 5.82 Å². The van der Waals surface area contributed by atoms with Crippen LogP contribution in [0.4, 0.5) is 10.2 Å². The number of hydrogen-bond acceptors (Lipinski definition) is 3. The fourth-order valence-corrected chi connectivity index (χ4v) is 2.79. The van der Waals surface area contributed by atoms with Crippen LogP contribution in [0.2, 0.25) is 0 Å². The first kappa shape index (κ1) is 15.2. The number of primary amides is 1. The number of nitrogens with one attached hydrogen (secondary N) is 1. The summed E-state index contributed by atoms with van der Waals surface area (Å²) < 4.78 is 14.6. The number of amides is 2. The molecule has 120 valence electrons. The van der Waals surface area contributed by atoms with Crippen LogP contribution in [-0.2, 0) is 16.6 Å². The lowest BCUT2D eigenvalue weighted by molar-refractivity contribution is -0.135. The third-order valence-electron chi connectivity index (χ3n) is 4.25. The second-order valence-electron chi connectivity index (χ2n) is 5.73. The molecule has 0 saturated heterocycles. The van der Waals surface area contributed by atoms with E-state index in [-0.39, 0.29) is 17.6 Å². The molecule has 3 N–H and O–H groups in total. The molecular weight excluding hydrogens is 299 g/mol. The van der Waals surface area contributed by atoms with Gasteiger partial charge in [0.15, 0.2) is 5.82 Å². The van der Waals surface area contributed by atoms with E-state index in [9.17, 15) is 14.0 Å². The third kappa shape index (κ3) is 2.94. The van der Waals surface area contributed by atoms with E-state index in [1.165, 1.54) is 12.1 Å². The van der Waals surface area contributed by atoms with Gasteiger partial charge < -0.3 is 11.1 Å². The number of carbonyl (C=O) groups is 2. The maximum Gasteiger partial charge on any atom is 0.229 e. The molecule has 3 rings (SSSR count). The number of carbonyl (C=O) groups excluding carboxylic acids is 2. The van der Waals surface area contributed by atoms with Gasteiger partial charge in [0.25, 0.3) is 0 Å². The topological polar surface area (TPSA) is 90.0 Å². The third-order valence-corrected chi connectivity index (χ3v) is 4.25. The number of rotatable bonds is 4. The molecule has 7 heteroatoms. The van der Waals surface area contributed by atoms with E-state index in [2.05, 4.69) is 10.4 Å². The molecule has 1 aromatic heterocycles. The van der Waals surface area contributed by atoms with Gasteiger partial charge in [0, 0.05) is 30.5 Å². The van der Waals surface area contributed by atoms with Gasteiger partial charge in [-0.2, -0.15) is 5.10 Å². The lowest BCUT2D eigenvalue weighted by Gasteiger charge is -2.32. The van der Waals surface area contributed by atoms with Gasteiger partial charge >= 0.3 is 0 Å². The molecule has 2 unspecified atom stereocenters. The Morgan fingerprint density at radius 1 is 1.26 bits per heavy atom. The number of nitrogens with zero attached hydrogens (tertiary/aromatic N) is 2. The molecule has 1 aromatic carbocycles. The first-order chi connectivity index (χ1) is 11.0. The van der Waals surface area contributed by atoms with Crippen LogP contribution < -0.4 is 11.1 Å². The van der Waals surface area contributed by atoms with Gasteiger partial charge in [-0.15, -0.1) is 0 Å². The number of anilines is 1. The van der Waals surface area contributed by atoms with E-state index in [0.29, 0.717) is 18.7 Å². The molecule has 2 aromatic rings. The smallest absolute Gasteiger partial charge is 0.229 e. The molecule has 1 fully saturated rings. The predicted molar refractivity (Wildman–Crippen MR) is 82.6 cm³/mol. The van der Waals surface area contributed by atoms with Gasteiger partial charge in [0.2, 0.25) is 11.8 Å². The van der Waals surface area contributed by atoms with Gasteiger partial charge in [-0.05, 0) is 37.1 Å². The highest BCUT2D eigenvalue weighted by atomic mass is 19.1. The number of halogens is 1. The molecule has 2 amide bonds. The summed E-state index contributed by atoms with van der Waals surface area (Å²) in [5, 5.41) is 6.95. The van der Waals surface area contributed by atoms with Crippen molar-refractivity contribution >= 4 is 17.6 Å². The minimum absolute atomic E-state index is 0.246. The second kappa shape index (κ2) is 5.83. The van der Waals surface area contributed by atoms with Crippen molar-refractivity contribution in [1.29, 1.82) is 0 Å². The van der Waals surface area contributed by atoms with Crippen molar-refractivity contribution < 1.29 is 14.0 Å². The maximum atomic E-state index is 13.0. The minimum Gasteiger partial charge on any atom is -0.369 e. The summed E-state index contributed by atoms with van der Waals surface area (Å²) in [5.74, 6) is -1.38. The first-order valence-electron chi connectivity index (χ1n) is 7.36. The molecule has 1 heterocycles. The zero-order valence-electron chi connectivity index (χ0n) is 12.6. The highest BCUT2D eigenvalue weighted by molar-refractivity contribution is 5.96. The summed E-state index contributed by atoms with van der Waals surface area (Å²) in [6, 6.07) is 7.74. The Kier molecular flexibility index (Phi) is 3.85. The Balaban J connectivity index is 1.75. The van der Waals surface area contributed by atoms with Crippen molar-refractivity contribution in [2.24, 2.45) is 24.6 Å². The van der Waals surface area contributed by atoms with Gasteiger partial charge in [-0.3, -0.25) is 14.3 Å². The quantitative estimate of drug-likeness (QED) is 0.899. The van der Waals surface area contributed by atoms with E-state index in [4.69, 9.17) is 5.73 Å². The maximum absolute atomic E-state index is 13.0. The van der Waals surface area contributed by atoms with Crippen LogP contribution in [0, 0.1) is 17.7 Å². The van der Waals surface area contributed by atoms with Crippen LogP contribution >= 0.6 is 0 Å². The average Bonchev–Trinajstić information content (AvgIpc) is 2.78. The van der Waals surface area contributed by atoms with Crippen LogP contribution in [0.3, 0.4) is 0 Å². The van der Waals surface area contributed by atoms with Crippen LogP contribution in [0.15, 0.2) is 30.3 Å². The van der Waals surface area contributed by atoms with Crippen molar-refractivity contribution in [3.05, 3.63) is 36.1 Å². The molecule has 0 spiro atoms. The largest absolute Gasteiger partial charge is 0.369 e. The van der Waals surface area contributed by atoms with E-state index >= 15 is 0 Å². The molecule has 1 aliphatic carbocycles. The van der Waals surface area contributed by atoms with Gasteiger partial charge in [0.05, 0.1) is 5.69 Å². The summed E-state index contributed by atoms with van der Waals surface area (Å²) in [6.45, 7) is 0. The predicted octanol–water partition coefficient (Wildman–Crippen LogP) is 1.68. The molecule has 2 atom stereocenters. The second-order valence-corrected chi connectivity index (χ2v) is 5.73. The number of aromatic nitrogens is 2. The van der Waals surface area contributed by atoms with E-state index < -0.39 is 11.8 Å². The molecule has 23 heavy (non-hydrogen) atoms. The Hall–Kier alpha value is -2.70. The summed E-state index contributed by atoms with van der Waals surface area (Å²) in [4.78, 5) is 23.4. The molecule has 0 bridgehead atoms. The summed E-state index contributed by atoms with van der Waals surface area (Å²) in [6.07, 6.45) is 1.30. The Morgan fingerprint density at radius 2 is 1.91 bits per heavy atom. The Morgan fingerprint density at radius 3 is 2.48 bits per heavy atom. The summed E-state index contributed by atoms with van der Waals surface area (Å²) in [7, 11) is 1.74. The SMILES string of the molecule is Cn1nc(NC(=O)C2CCC2C(N)=O)cc1-c1ccc(F)cc1. The van der Waals surface area contributed by atoms with Crippen LogP contribution in [0.25, 0.3) is 11.3 Å². The van der Waals surface area contributed by atoms with Gasteiger partial charge in [-0.1, -0.05) is 0 Å². The van der Waals surface area contributed by atoms with Crippen molar-refractivity contribution in [3.8, 4) is 11.3 Å². The van der Waals surface area contributed by atoms with Crippen molar-refractivity contribution in [2.45, 2.75) is 12.8 Å². The zero-order chi connectivity index (χ0) is 16.6. The lowest BCUT2D eigenvalue weighted by Crippen LogP contribution is -2.43. The molecular formula is C16H17FN4O2. The van der Waals surface area contributed by atoms with Crippen molar-refractivity contribution in [1.82, 2.24) is 9.78 Å².